The summed E-state index contributed by atoms with van der Waals surface area (Å²) in [5.41, 5.74) is 2.04. The number of esters is 1. The van der Waals surface area contributed by atoms with E-state index in [1.807, 2.05) is 13.8 Å². The minimum absolute atomic E-state index is 0.0786. The summed E-state index contributed by atoms with van der Waals surface area (Å²) in [5, 5.41) is 13.0. The van der Waals surface area contributed by atoms with Gasteiger partial charge in [-0.1, -0.05) is 13.8 Å². The van der Waals surface area contributed by atoms with Crippen molar-refractivity contribution in [2.45, 2.75) is 78.5 Å². The molecule has 0 unspecified atom stereocenters. The zero-order valence-corrected chi connectivity index (χ0v) is 17.6. The van der Waals surface area contributed by atoms with Gasteiger partial charge in [-0.2, -0.15) is 0 Å². The van der Waals surface area contributed by atoms with Gasteiger partial charge in [-0.3, -0.25) is 24.2 Å². The summed E-state index contributed by atoms with van der Waals surface area (Å²) >= 11 is 0. The van der Waals surface area contributed by atoms with Crippen LogP contribution >= 0.6 is 0 Å². The van der Waals surface area contributed by atoms with Crippen molar-refractivity contribution in [3.63, 3.8) is 0 Å². The van der Waals surface area contributed by atoms with E-state index in [2.05, 4.69) is 10.7 Å². The first-order chi connectivity index (χ1) is 12.8. The molecule has 28 heavy (non-hydrogen) atoms. The molecule has 2 amide bonds. The number of amides is 2. The standard InChI is InChI=1S/C19H33N3O6/c1-11(2)13(10-15(23)28-19(4,5)6)16(24)20-12(3)17(25)22-9-7-8-14(21-22)18(26)27/h11-14,21H,7-10H2,1-6H3,(H,20,24)(H,26,27)/t12-,13-,14-/m0/s1. The van der Waals surface area contributed by atoms with Crippen LogP contribution in [0.3, 0.4) is 0 Å². The number of nitrogens with zero attached hydrogens (tertiary/aromatic N) is 1. The molecular formula is C19H33N3O6. The summed E-state index contributed by atoms with van der Waals surface area (Å²) in [5.74, 6) is -3.08. The number of ether oxygens (including phenoxy) is 1. The van der Waals surface area contributed by atoms with Crippen LogP contribution in [0.2, 0.25) is 0 Å². The molecule has 1 aliphatic rings. The average molecular weight is 399 g/mol. The summed E-state index contributed by atoms with van der Waals surface area (Å²) in [6.45, 7) is 10.8. The second-order valence-electron chi connectivity index (χ2n) is 8.52. The number of carbonyl (C=O) groups is 4. The van der Waals surface area contributed by atoms with E-state index in [1.165, 1.54) is 11.9 Å². The van der Waals surface area contributed by atoms with Gasteiger partial charge >= 0.3 is 11.9 Å². The first-order valence-electron chi connectivity index (χ1n) is 9.64. The largest absolute Gasteiger partial charge is 0.480 e. The van der Waals surface area contributed by atoms with Gasteiger partial charge in [0, 0.05) is 6.54 Å². The highest BCUT2D eigenvalue weighted by Gasteiger charge is 2.33. The third-order valence-corrected chi connectivity index (χ3v) is 4.43. The SMILES string of the molecule is CC(C)[C@H](CC(=O)OC(C)(C)C)C(=O)N[C@@H](C)C(=O)N1CCC[C@@H](C(=O)O)N1. The van der Waals surface area contributed by atoms with Gasteiger partial charge in [-0.15, -0.1) is 0 Å². The van der Waals surface area contributed by atoms with Crippen LogP contribution in [0.15, 0.2) is 0 Å². The fraction of sp³-hybridized carbons (Fsp3) is 0.789. The lowest BCUT2D eigenvalue weighted by Crippen LogP contribution is -2.59. The summed E-state index contributed by atoms with van der Waals surface area (Å²) in [4.78, 5) is 48.4. The molecule has 0 aliphatic carbocycles. The van der Waals surface area contributed by atoms with E-state index < -0.39 is 47.4 Å². The Morgan fingerprint density at radius 2 is 1.82 bits per heavy atom. The van der Waals surface area contributed by atoms with Crippen LogP contribution < -0.4 is 10.7 Å². The van der Waals surface area contributed by atoms with E-state index in [0.717, 1.165) is 0 Å². The lowest BCUT2D eigenvalue weighted by molar-refractivity contribution is -0.158. The molecule has 160 valence electrons. The van der Waals surface area contributed by atoms with E-state index in [-0.39, 0.29) is 12.3 Å². The van der Waals surface area contributed by atoms with Crippen LogP contribution in [0.5, 0.6) is 0 Å². The Bertz CT molecular complexity index is 599. The molecule has 0 radical (unpaired) electrons. The third-order valence-electron chi connectivity index (χ3n) is 4.43. The predicted octanol–water partition coefficient (Wildman–Crippen LogP) is 1.08. The third kappa shape index (κ3) is 7.46. The van der Waals surface area contributed by atoms with E-state index in [4.69, 9.17) is 9.84 Å². The van der Waals surface area contributed by atoms with Gasteiger partial charge in [0.25, 0.3) is 5.91 Å². The van der Waals surface area contributed by atoms with Crippen molar-refractivity contribution >= 4 is 23.8 Å². The lowest BCUT2D eigenvalue weighted by Gasteiger charge is -2.34. The molecule has 0 aromatic heterocycles. The molecule has 0 saturated carbocycles. The molecule has 9 nitrogen and oxygen atoms in total. The molecule has 1 aliphatic heterocycles. The predicted molar refractivity (Wildman–Crippen MR) is 102 cm³/mol. The molecule has 3 atom stereocenters. The summed E-state index contributed by atoms with van der Waals surface area (Å²) < 4.78 is 5.29. The van der Waals surface area contributed by atoms with Crippen molar-refractivity contribution in [2.75, 3.05) is 6.54 Å². The molecule has 0 bridgehead atoms. The normalized spacial score (nSPS) is 19.7. The molecular weight excluding hydrogens is 366 g/mol. The molecule has 1 fully saturated rings. The van der Waals surface area contributed by atoms with Crippen molar-refractivity contribution in [2.24, 2.45) is 11.8 Å². The van der Waals surface area contributed by atoms with Crippen molar-refractivity contribution in [3.8, 4) is 0 Å². The van der Waals surface area contributed by atoms with Gasteiger partial charge in [-0.25, -0.2) is 5.43 Å². The Morgan fingerprint density at radius 3 is 2.32 bits per heavy atom. The number of hydrogen-bond acceptors (Lipinski definition) is 6. The Hall–Kier alpha value is -2.16. The van der Waals surface area contributed by atoms with Gasteiger partial charge in [0.05, 0.1) is 12.3 Å². The Morgan fingerprint density at radius 1 is 1.21 bits per heavy atom. The fourth-order valence-corrected chi connectivity index (χ4v) is 2.93. The van der Waals surface area contributed by atoms with Gasteiger partial charge in [0.1, 0.15) is 17.7 Å². The van der Waals surface area contributed by atoms with Crippen LogP contribution in [0.4, 0.5) is 0 Å². The quantitative estimate of drug-likeness (QED) is 0.547. The van der Waals surface area contributed by atoms with Crippen molar-refractivity contribution in [1.29, 1.82) is 0 Å². The van der Waals surface area contributed by atoms with Crippen LogP contribution in [-0.2, 0) is 23.9 Å². The zero-order chi connectivity index (χ0) is 21.6. The van der Waals surface area contributed by atoms with Crippen LogP contribution in [0, 0.1) is 11.8 Å². The number of carboxylic acids is 1. The average Bonchev–Trinajstić information content (AvgIpc) is 2.57. The number of hydrazine groups is 1. The number of aliphatic carboxylic acids is 1. The molecule has 0 aromatic rings. The maximum Gasteiger partial charge on any atom is 0.322 e. The molecule has 1 saturated heterocycles. The highest BCUT2D eigenvalue weighted by Crippen LogP contribution is 2.19. The molecule has 3 N–H and O–H groups in total. The van der Waals surface area contributed by atoms with E-state index >= 15 is 0 Å². The molecule has 0 aromatic carbocycles. The molecule has 1 rings (SSSR count). The number of rotatable bonds is 7. The van der Waals surface area contributed by atoms with Gasteiger partial charge in [-0.05, 0) is 46.5 Å². The van der Waals surface area contributed by atoms with Crippen LogP contribution in [0.1, 0.15) is 60.8 Å². The minimum atomic E-state index is -1.02. The monoisotopic (exact) mass is 399 g/mol. The summed E-state index contributed by atoms with van der Waals surface area (Å²) in [6.07, 6.45) is 0.916. The number of carboxylic acid groups (broad SMARTS) is 1. The maximum absolute atomic E-state index is 12.7. The minimum Gasteiger partial charge on any atom is -0.480 e. The second kappa shape index (κ2) is 9.86. The van der Waals surface area contributed by atoms with Gasteiger partial charge in [0.15, 0.2) is 0 Å². The fourth-order valence-electron chi connectivity index (χ4n) is 2.93. The first kappa shape index (κ1) is 23.9. The topological polar surface area (TPSA) is 125 Å². The van der Waals surface area contributed by atoms with Crippen molar-refractivity contribution in [1.82, 2.24) is 15.8 Å². The second-order valence-corrected chi connectivity index (χ2v) is 8.52. The maximum atomic E-state index is 12.7. The summed E-state index contributed by atoms with van der Waals surface area (Å²) in [7, 11) is 0. The number of hydrogen-bond donors (Lipinski definition) is 3. The van der Waals surface area contributed by atoms with Crippen molar-refractivity contribution in [3.05, 3.63) is 0 Å². The highest BCUT2D eigenvalue weighted by molar-refractivity contribution is 5.90. The lowest BCUT2D eigenvalue weighted by atomic mass is 9.91. The Kier molecular flexibility index (Phi) is 8.41. The van der Waals surface area contributed by atoms with Crippen LogP contribution in [-0.4, -0.2) is 58.1 Å². The Labute approximate surface area is 166 Å². The van der Waals surface area contributed by atoms with E-state index in [0.29, 0.717) is 19.4 Å². The van der Waals surface area contributed by atoms with E-state index in [1.54, 1.807) is 20.8 Å². The van der Waals surface area contributed by atoms with Crippen LogP contribution in [0.25, 0.3) is 0 Å². The Balaban J connectivity index is 2.69. The molecule has 1 heterocycles. The smallest absolute Gasteiger partial charge is 0.322 e. The number of nitrogens with one attached hydrogen (secondary N) is 2. The highest BCUT2D eigenvalue weighted by atomic mass is 16.6. The molecule has 0 spiro atoms. The van der Waals surface area contributed by atoms with Gasteiger partial charge < -0.3 is 15.2 Å². The molecule has 9 heteroatoms. The van der Waals surface area contributed by atoms with Crippen molar-refractivity contribution < 1.29 is 29.0 Å². The zero-order valence-electron chi connectivity index (χ0n) is 17.6. The summed E-state index contributed by atoms with van der Waals surface area (Å²) in [6, 6.07) is -1.68. The van der Waals surface area contributed by atoms with Gasteiger partial charge in [0.2, 0.25) is 5.91 Å². The first-order valence-corrected chi connectivity index (χ1v) is 9.64. The number of carbonyl (C=O) groups excluding carboxylic acids is 3. The van der Waals surface area contributed by atoms with E-state index in [9.17, 15) is 19.2 Å².